The summed E-state index contributed by atoms with van der Waals surface area (Å²) >= 11 is 0. The Morgan fingerprint density at radius 3 is 2.52 bits per heavy atom. The van der Waals surface area contributed by atoms with E-state index in [1.165, 1.54) is 5.56 Å². The summed E-state index contributed by atoms with van der Waals surface area (Å²) in [6.07, 6.45) is 4.88. The van der Waals surface area contributed by atoms with Crippen LogP contribution in [0.25, 0.3) is 0 Å². The van der Waals surface area contributed by atoms with Crippen molar-refractivity contribution in [2.75, 3.05) is 32.8 Å². The molecule has 0 amide bonds. The van der Waals surface area contributed by atoms with Gasteiger partial charge in [-0.05, 0) is 31.2 Å². The summed E-state index contributed by atoms with van der Waals surface area (Å²) in [4.78, 5) is 0. The predicted molar refractivity (Wildman–Crippen MR) is 90.4 cm³/mol. The summed E-state index contributed by atoms with van der Waals surface area (Å²) in [5, 5.41) is 0. The predicted octanol–water partition coefficient (Wildman–Crippen LogP) is 2.05. The van der Waals surface area contributed by atoms with Gasteiger partial charge in [-0.15, -0.1) is 0 Å². The SMILES string of the molecule is O=S(=O)(N1CCOCC1)N1CCCCC1CCc1ccccc1. The molecule has 2 saturated heterocycles. The van der Waals surface area contributed by atoms with Crippen molar-refractivity contribution in [3.63, 3.8) is 0 Å². The maximum absolute atomic E-state index is 13.0. The Balaban J connectivity index is 1.68. The van der Waals surface area contributed by atoms with Gasteiger partial charge in [0.05, 0.1) is 13.2 Å². The molecule has 2 fully saturated rings. The highest BCUT2D eigenvalue weighted by atomic mass is 32.2. The van der Waals surface area contributed by atoms with Crippen LogP contribution in [-0.2, 0) is 21.4 Å². The number of aryl methyl sites for hydroxylation is 1. The summed E-state index contributed by atoms with van der Waals surface area (Å²) in [5.41, 5.74) is 1.28. The molecule has 6 heteroatoms. The van der Waals surface area contributed by atoms with Crippen LogP contribution in [0.1, 0.15) is 31.2 Å². The summed E-state index contributed by atoms with van der Waals surface area (Å²) in [6.45, 7) is 2.61. The zero-order valence-corrected chi connectivity index (χ0v) is 14.4. The lowest BCUT2D eigenvalue weighted by molar-refractivity contribution is 0.0680. The first-order valence-corrected chi connectivity index (χ1v) is 9.96. The summed E-state index contributed by atoms with van der Waals surface area (Å²) in [7, 11) is -3.35. The molecule has 0 radical (unpaired) electrons. The van der Waals surface area contributed by atoms with E-state index >= 15 is 0 Å². The third-order valence-corrected chi connectivity index (χ3v) is 6.87. The number of rotatable bonds is 5. The van der Waals surface area contributed by atoms with Gasteiger partial charge < -0.3 is 4.74 Å². The molecule has 0 aromatic heterocycles. The van der Waals surface area contributed by atoms with Gasteiger partial charge in [0.2, 0.25) is 0 Å². The minimum absolute atomic E-state index is 0.122. The highest BCUT2D eigenvalue weighted by Gasteiger charge is 2.36. The number of hydrogen-bond donors (Lipinski definition) is 0. The van der Waals surface area contributed by atoms with E-state index in [0.29, 0.717) is 32.8 Å². The summed E-state index contributed by atoms with van der Waals surface area (Å²) in [6, 6.07) is 10.4. The fourth-order valence-corrected chi connectivity index (χ4v) is 5.32. The maximum Gasteiger partial charge on any atom is 0.282 e. The lowest BCUT2D eigenvalue weighted by atomic mass is 9.98. The number of ether oxygens (including phenoxy) is 1. The van der Waals surface area contributed by atoms with Gasteiger partial charge in [0.1, 0.15) is 0 Å². The minimum atomic E-state index is -3.35. The van der Waals surface area contributed by atoms with Gasteiger partial charge in [0.15, 0.2) is 0 Å². The molecule has 0 N–H and O–H groups in total. The van der Waals surface area contributed by atoms with Gasteiger partial charge in [0, 0.05) is 25.7 Å². The monoisotopic (exact) mass is 338 g/mol. The summed E-state index contributed by atoms with van der Waals surface area (Å²) in [5.74, 6) is 0. The zero-order valence-electron chi connectivity index (χ0n) is 13.6. The van der Waals surface area contributed by atoms with E-state index < -0.39 is 10.2 Å². The van der Waals surface area contributed by atoms with Gasteiger partial charge in [0.25, 0.3) is 10.2 Å². The third kappa shape index (κ3) is 4.12. The molecule has 1 atom stereocenters. The van der Waals surface area contributed by atoms with Crippen molar-refractivity contribution >= 4 is 10.2 Å². The van der Waals surface area contributed by atoms with E-state index in [9.17, 15) is 8.42 Å². The first-order valence-electron chi connectivity index (χ1n) is 8.56. The van der Waals surface area contributed by atoms with Crippen LogP contribution in [0, 0.1) is 0 Å². The molecule has 0 saturated carbocycles. The Morgan fingerprint density at radius 2 is 1.78 bits per heavy atom. The fourth-order valence-electron chi connectivity index (χ4n) is 3.47. The average Bonchev–Trinajstić information content (AvgIpc) is 2.62. The highest BCUT2D eigenvalue weighted by molar-refractivity contribution is 7.86. The van der Waals surface area contributed by atoms with Crippen molar-refractivity contribution in [1.82, 2.24) is 8.61 Å². The van der Waals surface area contributed by atoms with E-state index in [1.807, 2.05) is 18.2 Å². The standard InChI is InChI=1S/C17H26N2O3S/c20-23(21,18-12-14-22-15-13-18)19-11-5-4-8-17(19)10-9-16-6-2-1-3-7-16/h1-3,6-7,17H,4-5,8-15H2. The third-order valence-electron chi connectivity index (χ3n) is 4.77. The molecule has 0 spiro atoms. The van der Waals surface area contributed by atoms with Crippen molar-refractivity contribution in [2.45, 2.75) is 38.1 Å². The van der Waals surface area contributed by atoms with Crippen molar-refractivity contribution < 1.29 is 13.2 Å². The van der Waals surface area contributed by atoms with E-state index in [-0.39, 0.29) is 6.04 Å². The second-order valence-corrected chi connectivity index (χ2v) is 8.18. The Morgan fingerprint density at radius 1 is 1.04 bits per heavy atom. The number of morpholine rings is 1. The molecule has 1 aromatic rings. The lowest BCUT2D eigenvalue weighted by Gasteiger charge is -2.39. The number of hydrogen-bond acceptors (Lipinski definition) is 3. The molecule has 0 aliphatic carbocycles. The number of piperidine rings is 1. The van der Waals surface area contributed by atoms with Crippen LogP contribution in [0.3, 0.4) is 0 Å². The van der Waals surface area contributed by atoms with Gasteiger partial charge in [-0.3, -0.25) is 0 Å². The molecule has 1 aromatic carbocycles. The summed E-state index contributed by atoms with van der Waals surface area (Å²) < 4.78 is 34.6. The van der Waals surface area contributed by atoms with Crippen LogP contribution < -0.4 is 0 Å². The van der Waals surface area contributed by atoms with Crippen molar-refractivity contribution in [1.29, 1.82) is 0 Å². The van der Waals surface area contributed by atoms with E-state index in [1.54, 1.807) is 8.61 Å². The quantitative estimate of drug-likeness (QED) is 0.826. The smallest absolute Gasteiger partial charge is 0.282 e. The van der Waals surface area contributed by atoms with E-state index in [0.717, 1.165) is 32.1 Å². The Bertz CT molecular complexity index is 585. The largest absolute Gasteiger partial charge is 0.379 e. The van der Waals surface area contributed by atoms with E-state index in [4.69, 9.17) is 4.74 Å². The molecule has 0 bridgehead atoms. The number of benzene rings is 1. The molecule has 5 nitrogen and oxygen atoms in total. The Labute approximate surface area is 139 Å². The van der Waals surface area contributed by atoms with Crippen molar-refractivity contribution in [3.8, 4) is 0 Å². The number of nitrogens with zero attached hydrogens (tertiary/aromatic N) is 2. The second kappa shape index (κ2) is 7.75. The van der Waals surface area contributed by atoms with Gasteiger partial charge in [-0.2, -0.15) is 17.0 Å². The topological polar surface area (TPSA) is 49.9 Å². The van der Waals surface area contributed by atoms with E-state index in [2.05, 4.69) is 12.1 Å². The average molecular weight is 338 g/mol. The minimum Gasteiger partial charge on any atom is -0.379 e. The molecule has 2 heterocycles. The van der Waals surface area contributed by atoms with Crippen molar-refractivity contribution in [3.05, 3.63) is 35.9 Å². The first-order chi connectivity index (χ1) is 11.2. The molecule has 2 aliphatic rings. The lowest BCUT2D eigenvalue weighted by Crippen LogP contribution is -2.53. The van der Waals surface area contributed by atoms with Gasteiger partial charge in [-0.25, -0.2) is 0 Å². The van der Waals surface area contributed by atoms with Crippen LogP contribution in [0.2, 0.25) is 0 Å². The molecule has 1 unspecified atom stereocenters. The van der Waals surface area contributed by atoms with Crippen LogP contribution in [0.5, 0.6) is 0 Å². The van der Waals surface area contributed by atoms with Crippen LogP contribution in [0.4, 0.5) is 0 Å². The van der Waals surface area contributed by atoms with Gasteiger partial charge >= 0.3 is 0 Å². The second-order valence-electron chi connectivity index (χ2n) is 6.30. The first kappa shape index (κ1) is 16.9. The van der Waals surface area contributed by atoms with Gasteiger partial charge in [-0.1, -0.05) is 36.8 Å². The zero-order chi connectivity index (χ0) is 16.1. The van der Waals surface area contributed by atoms with Crippen LogP contribution >= 0.6 is 0 Å². The molecular formula is C17H26N2O3S. The molecule has 3 rings (SSSR count). The molecule has 2 aliphatic heterocycles. The molecule has 23 heavy (non-hydrogen) atoms. The molecular weight excluding hydrogens is 312 g/mol. The van der Waals surface area contributed by atoms with Crippen LogP contribution in [-0.4, -0.2) is 55.9 Å². The normalized spacial score (nSPS) is 24.6. The Kier molecular flexibility index (Phi) is 5.69. The maximum atomic E-state index is 13.0. The van der Waals surface area contributed by atoms with Crippen molar-refractivity contribution in [2.24, 2.45) is 0 Å². The van der Waals surface area contributed by atoms with Crippen LogP contribution in [0.15, 0.2) is 30.3 Å². The molecule has 128 valence electrons. The highest BCUT2D eigenvalue weighted by Crippen LogP contribution is 2.26. The fraction of sp³-hybridized carbons (Fsp3) is 0.647. The Hall–Kier alpha value is -0.950.